The van der Waals surface area contributed by atoms with Gasteiger partial charge in [-0.25, -0.2) is 4.39 Å². The summed E-state index contributed by atoms with van der Waals surface area (Å²) in [6.07, 6.45) is 3.38. The topological polar surface area (TPSA) is 56.4 Å². The Labute approximate surface area is 211 Å². The van der Waals surface area contributed by atoms with Gasteiger partial charge in [0.15, 0.2) is 0 Å². The molecule has 0 unspecified atom stereocenters. The summed E-state index contributed by atoms with van der Waals surface area (Å²) < 4.78 is 13.7. The van der Waals surface area contributed by atoms with E-state index < -0.39 is 5.82 Å². The number of H-pyrrole nitrogens is 1. The molecule has 0 atom stereocenters. The Balaban J connectivity index is 1.53. The fourth-order valence-electron chi connectivity index (χ4n) is 4.39. The number of aromatic nitrogens is 1. The molecule has 0 radical (unpaired) electrons. The lowest BCUT2D eigenvalue weighted by molar-refractivity contribution is -0.132. The number of aryl methyl sites for hydroxylation is 1. The third kappa shape index (κ3) is 6.19. The summed E-state index contributed by atoms with van der Waals surface area (Å²) in [7, 11) is 0. The van der Waals surface area contributed by atoms with E-state index in [-0.39, 0.29) is 23.9 Å². The van der Waals surface area contributed by atoms with E-state index in [0.29, 0.717) is 32.5 Å². The molecule has 1 aromatic heterocycles. The number of hydrogen-bond donors (Lipinski definition) is 1. The minimum atomic E-state index is -0.469. The van der Waals surface area contributed by atoms with E-state index in [9.17, 15) is 14.0 Å². The number of amides is 2. The van der Waals surface area contributed by atoms with Gasteiger partial charge in [0.2, 0.25) is 5.91 Å². The van der Waals surface area contributed by atoms with E-state index in [4.69, 9.17) is 0 Å². The van der Waals surface area contributed by atoms with Gasteiger partial charge in [-0.15, -0.1) is 0 Å². The minimum Gasteiger partial charge on any atom is -0.361 e. The van der Waals surface area contributed by atoms with Crippen molar-refractivity contribution >= 4 is 22.7 Å². The number of nitrogens with one attached hydrogen (secondary N) is 1. The second-order valence-corrected chi connectivity index (χ2v) is 9.15. The van der Waals surface area contributed by atoms with E-state index in [1.54, 1.807) is 6.07 Å². The van der Waals surface area contributed by atoms with E-state index in [1.165, 1.54) is 23.1 Å². The first-order valence-electron chi connectivity index (χ1n) is 12.4. The minimum absolute atomic E-state index is 0.0526. The zero-order valence-corrected chi connectivity index (χ0v) is 20.8. The molecule has 0 bridgehead atoms. The first-order valence-corrected chi connectivity index (χ1v) is 12.4. The van der Waals surface area contributed by atoms with Gasteiger partial charge in [-0.2, -0.15) is 0 Å². The summed E-state index contributed by atoms with van der Waals surface area (Å²) in [5.41, 5.74) is 4.66. The van der Waals surface area contributed by atoms with Gasteiger partial charge < -0.3 is 14.8 Å². The molecule has 6 heteroatoms. The molecule has 0 aliphatic carbocycles. The molecule has 0 spiro atoms. The molecule has 0 fully saturated rings. The van der Waals surface area contributed by atoms with Crippen molar-refractivity contribution in [2.24, 2.45) is 0 Å². The summed E-state index contributed by atoms with van der Waals surface area (Å²) in [5, 5.41) is 1.15. The summed E-state index contributed by atoms with van der Waals surface area (Å²) in [6, 6.07) is 21.9. The molecular weight excluding hydrogens is 453 g/mol. The van der Waals surface area contributed by atoms with E-state index in [0.717, 1.165) is 27.6 Å². The number of aromatic amines is 1. The Morgan fingerprint density at radius 3 is 2.44 bits per heavy atom. The van der Waals surface area contributed by atoms with Crippen LogP contribution in [0.25, 0.3) is 10.9 Å². The molecule has 0 aliphatic heterocycles. The molecule has 1 N–H and O–H groups in total. The van der Waals surface area contributed by atoms with Crippen LogP contribution in [0.15, 0.2) is 79.0 Å². The number of carbonyl (C=O) groups is 2. The van der Waals surface area contributed by atoms with Crippen molar-refractivity contribution in [3.8, 4) is 0 Å². The molecule has 4 rings (SSSR count). The largest absolute Gasteiger partial charge is 0.361 e. The maximum absolute atomic E-state index is 13.7. The number of nitrogens with zero attached hydrogens (tertiary/aromatic N) is 2. The summed E-state index contributed by atoms with van der Waals surface area (Å²) >= 11 is 0. The highest BCUT2D eigenvalue weighted by molar-refractivity contribution is 5.96. The van der Waals surface area contributed by atoms with Crippen molar-refractivity contribution in [2.75, 3.05) is 19.6 Å². The molecular formula is C30H32FN3O2. The predicted molar refractivity (Wildman–Crippen MR) is 141 cm³/mol. The van der Waals surface area contributed by atoms with Crippen molar-refractivity contribution in [2.45, 2.75) is 33.2 Å². The van der Waals surface area contributed by atoms with Gasteiger partial charge >= 0.3 is 0 Å². The first-order chi connectivity index (χ1) is 17.4. The standard InChI is InChI=1S/C30H32FN3O2/c1-3-16-34(30(36)24-7-6-8-26(31)18-24)21-29(35)33(20-23-13-11-22(2)12-14-23)17-15-25-19-32-28-10-5-4-9-27(25)28/h4-14,18-19,32H,3,15-17,20-21H2,1-2H3. The lowest BCUT2D eigenvalue weighted by Crippen LogP contribution is -2.43. The second kappa shape index (κ2) is 11.7. The average Bonchev–Trinajstić information content (AvgIpc) is 3.30. The number of fused-ring (bicyclic) bond motifs is 1. The van der Waals surface area contributed by atoms with Crippen LogP contribution in [0.2, 0.25) is 0 Å². The number of carbonyl (C=O) groups excluding carboxylic acids is 2. The van der Waals surface area contributed by atoms with Gasteiger partial charge in [-0.1, -0.05) is 61.0 Å². The van der Waals surface area contributed by atoms with Crippen LogP contribution in [0.5, 0.6) is 0 Å². The Morgan fingerprint density at radius 1 is 0.917 bits per heavy atom. The van der Waals surface area contributed by atoms with Crippen LogP contribution in [-0.4, -0.2) is 46.2 Å². The van der Waals surface area contributed by atoms with Crippen LogP contribution >= 0.6 is 0 Å². The Hall–Kier alpha value is -3.93. The van der Waals surface area contributed by atoms with Crippen molar-refractivity contribution in [3.05, 3.63) is 107 Å². The normalized spacial score (nSPS) is 11.0. The number of halogens is 1. The van der Waals surface area contributed by atoms with E-state index in [1.807, 2.05) is 67.4 Å². The number of benzene rings is 3. The van der Waals surface area contributed by atoms with Gasteiger partial charge in [0, 0.05) is 42.3 Å². The predicted octanol–water partition coefficient (Wildman–Crippen LogP) is 5.74. The van der Waals surface area contributed by atoms with Gasteiger partial charge in [0.25, 0.3) is 5.91 Å². The molecule has 4 aromatic rings. The fraction of sp³-hybridized carbons (Fsp3) is 0.267. The number of hydrogen-bond acceptors (Lipinski definition) is 2. The maximum Gasteiger partial charge on any atom is 0.254 e. The summed E-state index contributed by atoms with van der Waals surface area (Å²) in [5.74, 6) is -0.936. The molecule has 0 saturated carbocycles. The van der Waals surface area contributed by atoms with Crippen LogP contribution in [0, 0.1) is 12.7 Å². The average molecular weight is 486 g/mol. The van der Waals surface area contributed by atoms with Crippen LogP contribution in [0.1, 0.15) is 40.4 Å². The van der Waals surface area contributed by atoms with Gasteiger partial charge in [-0.05, 0) is 55.2 Å². The number of para-hydroxylation sites is 1. The molecule has 36 heavy (non-hydrogen) atoms. The molecule has 2 amide bonds. The van der Waals surface area contributed by atoms with Crippen LogP contribution in [-0.2, 0) is 17.8 Å². The molecule has 0 aliphatic rings. The van der Waals surface area contributed by atoms with Crippen LogP contribution in [0.4, 0.5) is 4.39 Å². The smallest absolute Gasteiger partial charge is 0.254 e. The summed E-state index contributed by atoms with van der Waals surface area (Å²) in [6.45, 7) is 5.32. The quantitative estimate of drug-likeness (QED) is 0.311. The SMILES string of the molecule is CCCN(CC(=O)N(CCc1c[nH]c2ccccc12)Cc1ccc(C)cc1)C(=O)c1cccc(F)c1. The van der Waals surface area contributed by atoms with Crippen molar-refractivity contribution in [1.29, 1.82) is 0 Å². The molecule has 1 heterocycles. The lowest BCUT2D eigenvalue weighted by atomic mass is 10.1. The van der Waals surface area contributed by atoms with Gasteiger partial charge in [0.1, 0.15) is 12.4 Å². The van der Waals surface area contributed by atoms with E-state index >= 15 is 0 Å². The monoisotopic (exact) mass is 485 g/mol. The van der Waals surface area contributed by atoms with Crippen LogP contribution < -0.4 is 0 Å². The molecule has 186 valence electrons. The Kier molecular flexibility index (Phi) is 8.16. The van der Waals surface area contributed by atoms with Gasteiger partial charge in [-0.3, -0.25) is 9.59 Å². The highest BCUT2D eigenvalue weighted by Crippen LogP contribution is 2.19. The molecule has 3 aromatic carbocycles. The van der Waals surface area contributed by atoms with E-state index in [2.05, 4.69) is 11.1 Å². The summed E-state index contributed by atoms with van der Waals surface area (Å²) in [4.78, 5) is 33.3. The zero-order chi connectivity index (χ0) is 25.5. The third-order valence-corrected chi connectivity index (χ3v) is 6.35. The molecule has 0 saturated heterocycles. The first kappa shape index (κ1) is 25.2. The lowest BCUT2D eigenvalue weighted by Gasteiger charge is -2.28. The highest BCUT2D eigenvalue weighted by Gasteiger charge is 2.23. The van der Waals surface area contributed by atoms with Crippen LogP contribution in [0.3, 0.4) is 0 Å². The zero-order valence-electron chi connectivity index (χ0n) is 20.8. The van der Waals surface area contributed by atoms with Crippen molar-refractivity contribution in [3.63, 3.8) is 0 Å². The fourth-order valence-corrected chi connectivity index (χ4v) is 4.39. The highest BCUT2D eigenvalue weighted by atomic mass is 19.1. The number of rotatable bonds is 10. The van der Waals surface area contributed by atoms with Gasteiger partial charge in [0.05, 0.1) is 0 Å². The Bertz CT molecular complexity index is 1330. The Morgan fingerprint density at radius 2 is 1.69 bits per heavy atom. The maximum atomic E-state index is 13.7. The van der Waals surface area contributed by atoms with Crippen molar-refractivity contribution < 1.29 is 14.0 Å². The molecule has 5 nitrogen and oxygen atoms in total. The second-order valence-electron chi connectivity index (χ2n) is 9.15. The van der Waals surface area contributed by atoms with Crippen molar-refractivity contribution in [1.82, 2.24) is 14.8 Å². The third-order valence-electron chi connectivity index (χ3n) is 6.35.